The van der Waals surface area contributed by atoms with Crippen LogP contribution in [0.5, 0.6) is 0 Å². The van der Waals surface area contributed by atoms with E-state index in [2.05, 4.69) is 10.6 Å². The lowest BCUT2D eigenvalue weighted by Gasteiger charge is -2.13. The van der Waals surface area contributed by atoms with Gasteiger partial charge in [-0.1, -0.05) is 30.3 Å². The summed E-state index contributed by atoms with van der Waals surface area (Å²) >= 11 is 3.62. The van der Waals surface area contributed by atoms with Crippen molar-refractivity contribution in [1.29, 1.82) is 0 Å². The fraction of sp³-hybridized carbons (Fsp3) is 0.273. The molecule has 0 aliphatic carbocycles. The van der Waals surface area contributed by atoms with Gasteiger partial charge in [0.05, 0.1) is 12.0 Å². The van der Waals surface area contributed by atoms with Crippen LogP contribution in [0, 0.1) is 0 Å². The highest BCUT2D eigenvalue weighted by Crippen LogP contribution is 2.38. The molecule has 2 N–H and O–H groups in total. The number of thioether (sulfide) groups is 1. The predicted octanol–water partition coefficient (Wildman–Crippen LogP) is 3.42. The van der Waals surface area contributed by atoms with Gasteiger partial charge < -0.3 is 15.2 Å². The number of thiophene rings is 1. The largest absolute Gasteiger partial charge is 0.354 e. The van der Waals surface area contributed by atoms with Crippen LogP contribution in [-0.2, 0) is 23.4 Å². The number of nitrogens with zero attached hydrogens (tertiary/aromatic N) is 1. The van der Waals surface area contributed by atoms with Crippen LogP contribution in [0.15, 0.2) is 54.9 Å². The lowest BCUT2D eigenvalue weighted by molar-refractivity contribution is -0.120. The van der Waals surface area contributed by atoms with Gasteiger partial charge in [-0.2, -0.15) is 11.8 Å². The molecule has 0 unspecified atom stereocenters. The van der Waals surface area contributed by atoms with Gasteiger partial charge in [0, 0.05) is 36.1 Å². The standard InChI is InChI=1S/C22H23N3O2S2/c26-19(14-16-6-2-1-3-7-16)23-9-10-24-21(27)20-17-8-13-28-15-18(17)29-22(20)25-11-4-5-12-25/h1-7,11-12H,8-10,13-15H2,(H,23,26)(H,24,27). The third kappa shape index (κ3) is 4.74. The third-order valence-electron chi connectivity index (χ3n) is 4.81. The lowest BCUT2D eigenvalue weighted by atomic mass is 10.1. The van der Waals surface area contributed by atoms with E-state index in [0.29, 0.717) is 19.5 Å². The van der Waals surface area contributed by atoms with Crippen LogP contribution in [0.1, 0.15) is 26.4 Å². The zero-order valence-corrected chi connectivity index (χ0v) is 17.7. The summed E-state index contributed by atoms with van der Waals surface area (Å²) in [6, 6.07) is 13.6. The van der Waals surface area contributed by atoms with E-state index in [4.69, 9.17) is 0 Å². The molecule has 0 saturated heterocycles. The number of nitrogens with one attached hydrogen (secondary N) is 2. The summed E-state index contributed by atoms with van der Waals surface area (Å²) in [7, 11) is 0. The average molecular weight is 426 g/mol. The molecule has 0 saturated carbocycles. The molecule has 29 heavy (non-hydrogen) atoms. The molecule has 2 aromatic heterocycles. The molecule has 4 rings (SSSR count). The van der Waals surface area contributed by atoms with Crippen molar-refractivity contribution in [1.82, 2.24) is 15.2 Å². The Kier molecular flexibility index (Phi) is 6.36. The molecule has 3 heterocycles. The zero-order valence-electron chi connectivity index (χ0n) is 16.0. The van der Waals surface area contributed by atoms with Gasteiger partial charge in [0.1, 0.15) is 5.00 Å². The maximum atomic E-state index is 13.0. The van der Waals surface area contributed by atoms with Crippen LogP contribution in [0.2, 0.25) is 0 Å². The van der Waals surface area contributed by atoms with Crippen molar-refractivity contribution in [2.24, 2.45) is 0 Å². The maximum absolute atomic E-state index is 13.0. The summed E-state index contributed by atoms with van der Waals surface area (Å²) in [5.41, 5.74) is 2.95. The first kappa shape index (κ1) is 19.8. The van der Waals surface area contributed by atoms with Crippen LogP contribution in [0.25, 0.3) is 5.00 Å². The van der Waals surface area contributed by atoms with E-state index in [1.807, 2.05) is 71.2 Å². The Morgan fingerprint density at radius 1 is 1.00 bits per heavy atom. The molecule has 0 fully saturated rings. The highest BCUT2D eigenvalue weighted by Gasteiger charge is 2.26. The minimum Gasteiger partial charge on any atom is -0.354 e. The minimum absolute atomic E-state index is 0.0385. The Labute approximate surface area is 178 Å². The van der Waals surface area contributed by atoms with Gasteiger partial charge in [0.2, 0.25) is 5.91 Å². The summed E-state index contributed by atoms with van der Waals surface area (Å²) < 4.78 is 2.02. The molecule has 150 valence electrons. The smallest absolute Gasteiger partial charge is 0.254 e. The van der Waals surface area contributed by atoms with Gasteiger partial charge in [-0.05, 0) is 35.4 Å². The number of fused-ring (bicyclic) bond motifs is 1. The van der Waals surface area contributed by atoms with E-state index in [1.165, 1.54) is 10.4 Å². The minimum atomic E-state index is -0.0598. The van der Waals surface area contributed by atoms with Crippen molar-refractivity contribution >= 4 is 34.9 Å². The van der Waals surface area contributed by atoms with E-state index < -0.39 is 0 Å². The summed E-state index contributed by atoms with van der Waals surface area (Å²) in [6.45, 7) is 0.822. The van der Waals surface area contributed by atoms with Crippen molar-refractivity contribution in [3.8, 4) is 5.00 Å². The number of carbonyl (C=O) groups is 2. The Bertz CT molecular complexity index is 981. The Morgan fingerprint density at radius 2 is 1.76 bits per heavy atom. The molecule has 0 bridgehead atoms. The van der Waals surface area contributed by atoms with Crippen molar-refractivity contribution in [3.63, 3.8) is 0 Å². The quantitative estimate of drug-likeness (QED) is 0.570. The molecule has 0 radical (unpaired) electrons. The highest BCUT2D eigenvalue weighted by atomic mass is 32.2. The zero-order chi connectivity index (χ0) is 20.1. The number of benzene rings is 1. The molecule has 0 spiro atoms. The molecule has 3 aromatic rings. The van der Waals surface area contributed by atoms with Gasteiger partial charge in [0.25, 0.3) is 5.91 Å². The normalized spacial score (nSPS) is 13.0. The summed E-state index contributed by atoms with van der Waals surface area (Å²) in [6.07, 6.45) is 5.23. The van der Waals surface area contributed by atoms with E-state index in [0.717, 1.165) is 34.1 Å². The van der Waals surface area contributed by atoms with Gasteiger partial charge in [-0.15, -0.1) is 11.3 Å². The van der Waals surface area contributed by atoms with Crippen LogP contribution >= 0.6 is 23.1 Å². The second kappa shape index (κ2) is 9.33. The van der Waals surface area contributed by atoms with Crippen LogP contribution < -0.4 is 10.6 Å². The van der Waals surface area contributed by atoms with Crippen LogP contribution in [-0.4, -0.2) is 35.2 Å². The number of carbonyl (C=O) groups excluding carboxylic acids is 2. The highest BCUT2D eigenvalue weighted by molar-refractivity contribution is 7.98. The molecular formula is C22H23N3O2S2. The van der Waals surface area contributed by atoms with Crippen molar-refractivity contribution in [2.75, 3.05) is 18.8 Å². The molecule has 0 atom stereocenters. The summed E-state index contributed by atoms with van der Waals surface area (Å²) in [5.74, 6) is 1.92. The number of hydrogen-bond acceptors (Lipinski definition) is 4. The first-order chi connectivity index (χ1) is 14.2. The van der Waals surface area contributed by atoms with Crippen molar-refractivity contribution in [3.05, 3.63) is 76.4 Å². The van der Waals surface area contributed by atoms with E-state index in [1.54, 1.807) is 11.3 Å². The molecular weight excluding hydrogens is 402 g/mol. The summed E-state index contributed by atoms with van der Waals surface area (Å²) in [4.78, 5) is 26.3. The Balaban J connectivity index is 1.36. The van der Waals surface area contributed by atoms with Crippen molar-refractivity contribution in [2.45, 2.75) is 18.6 Å². The average Bonchev–Trinajstić information content (AvgIpc) is 3.39. The second-order valence-electron chi connectivity index (χ2n) is 6.85. The predicted molar refractivity (Wildman–Crippen MR) is 119 cm³/mol. The third-order valence-corrected chi connectivity index (χ3v) is 7.22. The first-order valence-corrected chi connectivity index (χ1v) is 11.6. The van der Waals surface area contributed by atoms with E-state index >= 15 is 0 Å². The summed E-state index contributed by atoms with van der Waals surface area (Å²) in [5, 5.41) is 6.85. The molecule has 1 aliphatic rings. The van der Waals surface area contributed by atoms with Gasteiger partial charge in [-0.3, -0.25) is 9.59 Å². The fourth-order valence-electron chi connectivity index (χ4n) is 3.41. The monoisotopic (exact) mass is 425 g/mol. The molecule has 7 heteroatoms. The number of hydrogen-bond donors (Lipinski definition) is 2. The van der Waals surface area contributed by atoms with Gasteiger partial charge in [0.15, 0.2) is 0 Å². The molecule has 2 amide bonds. The van der Waals surface area contributed by atoms with Crippen molar-refractivity contribution < 1.29 is 9.59 Å². The molecule has 1 aliphatic heterocycles. The number of amides is 2. The SMILES string of the molecule is O=C(Cc1ccccc1)NCCNC(=O)c1c(-n2cccc2)sc2c1CCSC2. The van der Waals surface area contributed by atoms with E-state index in [9.17, 15) is 9.59 Å². The Morgan fingerprint density at radius 3 is 2.55 bits per heavy atom. The van der Waals surface area contributed by atoms with E-state index in [-0.39, 0.29) is 11.8 Å². The second-order valence-corrected chi connectivity index (χ2v) is 9.03. The van der Waals surface area contributed by atoms with Crippen LogP contribution in [0.3, 0.4) is 0 Å². The molecule has 5 nitrogen and oxygen atoms in total. The first-order valence-electron chi connectivity index (χ1n) is 9.67. The lowest BCUT2D eigenvalue weighted by Crippen LogP contribution is -2.35. The van der Waals surface area contributed by atoms with Gasteiger partial charge >= 0.3 is 0 Å². The number of rotatable bonds is 7. The number of aromatic nitrogens is 1. The maximum Gasteiger partial charge on any atom is 0.254 e. The van der Waals surface area contributed by atoms with Crippen LogP contribution in [0.4, 0.5) is 0 Å². The Hall–Kier alpha value is -2.51. The fourth-order valence-corrected chi connectivity index (χ4v) is 5.86. The topological polar surface area (TPSA) is 63.1 Å². The molecule has 1 aromatic carbocycles. The van der Waals surface area contributed by atoms with Gasteiger partial charge in [-0.25, -0.2) is 0 Å².